The molecule has 18 heavy (non-hydrogen) atoms. The maximum atomic E-state index is 11.5. The van der Waals surface area contributed by atoms with Gasteiger partial charge in [0, 0.05) is 11.3 Å². The highest BCUT2D eigenvalue weighted by Gasteiger charge is 2.12. The largest absolute Gasteiger partial charge is 0.449 e. The Bertz CT molecular complexity index is 590. The van der Waals surface area contributed by atoms with E-state index in [4.69, 9.17) is 21.3 Å². The molecule has 0 bridgehead atoms. The van der Waals surface area contributed by atoms with E-state index in [0.717, 1.165) is 5.56 Å². The molecule has 0 aliphatic carbocycles. The molecule has 0 fully saturated rings. The van der Waals surface area contributed by atoms with Gasteiger partial charge < -0.3 is 14.9 Å². The number of ether oxygens (including phenoxy) is 1. The van der Waals surface area contributed by atoms with Crippen molar-refractivity contribution >= 4 is 11.7 Å². The Labute approximate surface area is 104 Å². The molecule has 1 aromatic carbocycles. The molecule has 0 spiro atoms. The molecule has 0 radical (unpaired) electrons. The molecule has 90 valence electrons. The van der Waals surface area contributed by atoms with Crippen molar-refractivity contribution < 1.29 is 13.9 Å². The fraction of sp³-hybridized carbons (Fsp3) is 0.0714. The molecule has 0 atom stereocenters. The zero-order valence-electron chi connectivity index (χ0n) is 9.55. The maximum Gasteiger partial charge on any atom is 0.375 e. The van der Waals surface area contributed by atoms with Crippen molar-refractivity contribution in [3.8, 4) is 23.7 Å². The zero-order chi connectivity index (χ0) is 13.0. The number of nitrogen functional groups attached to an aromatic ring is 1. The van der Waals surface area contributed by atoms with Gasteiger partial charge in [0.15, 0.2) is 6.61 Å². The van der Waals surface area contributed by atoms with E-state index in [0.29, 0.717) is 11.4 Å². The van der Waals surface area contributed by atoms with Crippen molar-refractivity contribution in [3.63, 3.8) is 0 Å². The molecule has 4 nitrogen and oxygen atoms in total. The molecule has 2 rings (SSSR count). The number of rotatable bonds is 3. The smallest absolute Gasteiger partial charge is 0.375 e. The predicted molar refractivity (Wildman–Crippen MR) is 67.7 cm³/mol. The van der Waals surface area contributed by atoms with Gasteiger partial charge in [-0.3, -0.25) is 0 Å². The van der Waals surface area contributed by atoms with Crippen LogP contribution in [-0.4, -0.2) is 12.6 Å². The average Bonchev–Trinajstić information content (AvgIpc) is 2.86. The summed E-state index contributed by atoms with van der Waals surface area (Å²) in [6.45, 7) is -0.0727. The third-order valence-electron chi connectivity index (χ3n) is 2.29. The van der Waals surface area contributed by atoms with Crippen molar-refractivity contribution in [2.75, 3.05) is 12.3 Å². The lowest BCUT2D eigenvalue weighted by molar-refractivity contribution is 0.0521. The summed E-state index contributed by atoms with van der Waals surface area (Å²) < 4.78 is 10.1. The van der Waals surface area contributed by atoms with Crippen molar-refractivity contribution in [2.45, 2.75) is 0 Å². The van der Waals surface area contributed by atoms with E-state index in [2.05, 4.69) is 5.92 Å². The van der Waals surface area contributed by atoms with Gasteiger partial charge in [-0.15, -0.1) is 6.42 Å². The number of carbonyl (C=O) groups excluding carboxylic acids is 1. The van der Waals surface area contributed by atoms with Crippen LogP contribution in [0.15, 0.2) is 40.8 Å². The Hall–Kier alpha value is -2.67. The first-order chi connectivity index (χ1) is 8.70. The van der Waals surface area contributed by atoms with Crippen LogP contribution in [0, 0.1) is 12.3 Å². The van der Waals surface area contributed by atoms with Crippen LogP contribution in [0.2, 0.25) is 0 Å². The van der Waals surface area contributed by atoms with Crippen LogP contribution in [-0.2, 0) is 4.74 Å². The third-order valence-corrected chi connectivity index (χ3v) is 2.29. The highest BCUT2D eigenvalue weighted by Crippen LogP contribution is 2.23. The van der Waals surface area contributed by atoms with Crippen LogP contribution in [0.4, 0.5) is 5.69 Å². The van der Waals surface area contributed by atoms with Crippen LogP contribution < -0.4 is 5.73 Å². The van der Waals surface area contributed by atoms with Crippen LogP contribution >= 0.6 is 0 Å². The summed E-state index contributed by atoms with van der Waals surface area (Å²) in [5.74, 6) is 2.33. The molecule has 2 aromatic rings. The number of anilines is 1. The summed E-state index contributed by atoms with van der Waals surface area (Å²) >= 11 is 0. The van der Waals surface area contributed by atoms with Gasteiger partial charge in [-0.25, -0.2) is 4.79 Å². The summed E-state index contributed by atoms with van der Waals surface area (Å²) in [6.07, 6.45) is 5.00. The second-order valence-corrected chi connectivity index (χ2v) is 3.57. The van der Waals surface area contributed by atoms with Gasteiger partial charge in [-0.2, -0.15) is 0 Å². The Morgan fingerprint density at radius 1 is 1.28 bits per heavy atom. The molecule has 2 N–H and O–H groups in total. The SMILES string of the molecule is C#CCOC(=O)c1ccc(-c2ccc(N)cc2)o1. The van der Waals surface area contributed by atoms with E-state index >= 15 is 0 Å². The number of carbonyl (C=O) groups is 1. The number of esters is 1. The standard InChI is InChI=1S/C14H11NO3/c1-2-9-17-14(16)13-8-7-12(18-13)10-3-5-11(15)6-4-10/h1,3-8H,9,15H2. The normalized spacial score (nSPS) is 9.72. The number of nitrogens with two attached hydrogens (primary N) is 1. The monoisotopic (exact) mass is 241 g/mol. The molecular formula is C14H11NO3. The first kappa shape index (κ1) is 11.8. The third kappa shape index (κ3) is 2.53. The number of hydrogen-bond donors (Lipinski definition) is 1. The number of furan rings is 1. The van der Waals surface area contributed by atoms with Crippen molar-refractivity contribution in [1.82, 2.24) is 0 Å². The Balaban J connectivity index is 2.18. The molecule has 0 aliphatic rings. The van der Waals surface area contributed by atoms with Gasteiger partial charge in [0.25, 0.3) is 0 Å². The van der Waals surface area contributed by atoms with Crippen molar-refractivity contribution in [2.24, 2.45) is 0 Å². The van der Waals surface area contributed by atoms with Gasteiger partial charge in [0.05, 0.1) is 0 Å². The number of hydrogen-bond acceptors (Lipinski definition) is 4. The molecule has 0 saturated heterocycles. The highest BCUT2D eigenvalue weighted by atomic mass is 16.5. The van der Waals surface area contributed by atoms with Gasteiger partial charge in [0.2, 0.25) is 5.76 Å². The van der Waals surface area contributed by atoms with Crippen LogP contribution in [0.3, 0.4) is 0 Å². The number of benzene rings is 1. The minimum Gasteiger partial charge on any atom is -0.449 e. The highest BCUT2D eigenvalue weighted by molar-refractivity contribution is 5.87. The van der Waals surface area contributed by atoms with Gasteiger partial charge in [0.1, 0.15) is 5.76 Å². The van der Waals surface area contributed by atoms with E-state index in [1.54, 1.807) is 24.3 Å². The summed E-state index contributed by atoms with van der Waals surface area (Å²) in [6, 6.07) is 10.4. The van der Waals surface area contributed by atoms with Crippen LogP contribution in [0.25, 0.3) is 11.3 Å². The van der Waals surface area contributed by atoms with Gasteiger partial charge in [-0.05, 0) is 36.4 Å². The topological polar surface area (TPSA) is 65.5 Å². The fourth-order valence-corrected chi connectivity index (χ4v) is 1.43. The van der Waals surface area contributed by atoms with E-state index in [9.17, 15) is 4.79 Å². The van der Waals surface area contributed by atoms with E-state index in [1.807, 2.05) is 12.1 Å². The minimum absolute atomic E-state index is 0.0727. The fourth-order valence-electron chi connectivity index (χ4n) is 1.43. The van der Waals surface area contributed by atoms with Gasteiger partial charge in [-0.1, -0.05) is 5.92 Å². The minimum atomic E-state index is -0.574. The van der Waals surface area contributed by atoms with E-state index < -0.39 is 5.97 Å². The van der Waals surface area contributed by atoms with Crippen LogP contribution in [0.1, 0.15) is 10.6 Å². The Kier molecular flexibility index (Phi) is 3.35. The van der Waals surface area contributed by atoms with Crippen molar-refractivity contribution in [1.29, 1.82) is 0 Å². The zero-order valence-corrected chi connectivity index (χ0v) is 9.55. The molecule has 0 aliphatic heterocycles. The molecule has 0 amide bonds. The molecule has 0 saturated carbocycles. The second kappa shape index (κ2) is 5.11. The van der Waals surface area contributed by atoms with Crippen molar-refractivity contribution in [3.05, 3.63) is 42.2 Å². The lowest BCUT2D eigenvalue weighted by atomic mass is 10.1. The first-order valence-electron chi connectivity index (χ1n) is 5.27. The lowest BCUT2D eigenvalue weighted by Gasteiger charge is -1.98. The molecule has 4 heteroatoms. The van der Waals surface area contributed by atoms with Gasteiger partial charge >= 0.3 is 5.97 Å². The quantitative estimate of drug-likeness (QED) is 0.508. The molecular weight excluding hydrogens is 230 g/mol. The average molecular weight is 241 g/mol. The Morgan fingerprint density at radius 2 is 2.00 bits per heavy atom. The predicted octanol–water partition coefficient (Wildman–Crippen LogP) is 2.32. The lowest BCUT2D eigenvalue weighted by Crippen LogP contribution is -2.03. The van der Waals surface area contributed by atoms with E-state index in [-0.39, 0.29) is 12.4 Å². The van der Waals surface area contributed by atoms with E-state index in [1.165, 1.54) is 0 Å². The summed E-state index contributed by atoms with van der Waals surface area (Å²) in [5.41, 5.74) is 7.09. The molecule has 0 unspecified atom stereocenters. The van der Waals surface area contributed by atoms with Crippen LogP contribution in [0.5, 0.6) is 0 Å². The summed E-state index contributed by atoms with van der Waals surface area (Å²) in [4.78, 5) is 11.5. The Morgan fingerprint density at radius 3 is 2.67 bits per heavy atom. The first-order valence-corrected chi connectivity index (χ1v) is 5.27. The second-order valence-electron chi connectivity index (χ2n) is 3.57. The summed E-state index contributed by atoms with van der Waals surface area (Å²) in [7, 11) is 0. The molecule has 1 heterocycles. The maximum absolute atomic E-state index is 11.5. The number of terminal acetylenes is 1. The summed E-state index contributed by atoms with van der Waals surface area (Å²) in [5, 5.41) is 0. The molecule has 1 aromatic heterocycles.